The summed E-state index contributed by atoms with van der Waals surface area (Å²) in [5.41, 5.74) is -0.556. The van der Waals surface area contributed by atoms with Crippen molar-refractivity contribution < 1.29 is 9.47 Å². The van der Waals surface area contributed by atoms with Crippen molar-refractivity contribution in [1.82, 2.24) is 30.7 Å². The van der Waals surface area contributed by atoms with Gasteiger partial charge in [-0.1, -0.05) is 4.85 Å². The first kappa shape index (κ1) is 7.46. The lowest BCUT2D eigenvalue weighted by Crippen LogP contribution is -2.13. The lowest BCUT2D eigenvalue weighted by atomic mass is 10.4. The largest absolute Gasteiger partial charge is 0.397 e. The zero-order chi connectivity index (χ0) is 9.26. The molecule has 0 bridgehead atoms. The maximum absolute atomic E-state index is 11.0. The van der Waals surface area contributed by atoms with Gasteiger partial charge in [0.05, 0.1) is 0 Å². The van der Waals surface area contributed by atoms with Crippen LogP contribution in [0.5, 0.6) is 0 Å². The monoisotopic (exact) mass is 184 g/mol. The highest BCUT2D eigenvalue weighted by atomic mass is 16.7. The molecule has 0 aliphatic carbocycles. The maximum Gasteiger partial charge on any atom is 0.312 e. The third-order valence-electron chi connectivity index (χ3n) is 1.32. The van der Waals surface area contributed by atoms with Crippen LogP contribution >= 0.6 is 0 Å². The van der Waals surface area contributed by atoms with Gasteiger partial charge in [-0.3, -0.25) is 9.42 Å². The molecule has 0 saturated carbocycles. The Balaban J connectivity index is 2.58. The summed E-state index contributed by atoms with van der Waals surface area (Å²) < 4.78 is 4.32. The van der Waals surface area contributed by atoms with Crippen LogP contribution in [0.25, 0.3) is 11.5 Å². The van der Waals surface area contributed by atoms with Crippen molar-refractivity contribution in [1.29, 1.82) is 0 Å². The normalized spacial score (nSPS) is 10.2. The van der Waals surface area contributed by atoms with Gasteiger partial charge in [0.15, 0.2) is 0 Å². The highest BCUT2D eigenvalue weighted by Crippen LogP contribution is 2.03. The third-order valence-corrected chi connectivity index (χ3v) is 1.32. The quantitative estimate of drug-likeness (QED) is 0.578. The van der Waals surface area contributed by atoms with Crippen LogP contribution in [0.15, 0.2) is 9.42 Å². The first-order chi connectivity index (χ1) is 6.33. The predicted molar refractivity (Wildman–Crippen MR) is 36.4 cm³/mol. The Morgan fingerprint density at radius 3 is 3.08 bits per heavy atom. The average Bonchev–Trinajstić information content (AvgIpc) is 2.71. The second kappa shape index (κ2) is 2.69. The van der Waals surface area contributed by atoms with Crippen LogP contribution in [0, 0.1) is 0 Å². The molecule has 0 radical (unpaired) electrons. The van der Waals surface area contributed by atoms with Gasteiger partial charge in [-0.25, -0.2) is 0 Å². The van der Waals surface area contributed by atoms with Gasteiger partial charge in [0.1, 0.15) is 7.11 Å². The van der Waals surface area contributed by atoms with E-state index in [1.165, 1.54) is 7.11 Å². The Bertz CT molecular complexity index is 454. The third kappa shape index (κ3) is 1.06. The summed E-state index contributed by atoms with van der Waals surface area (Å²) in [5, 5.41) is 15.6. The fraction of sp³-hybridized carbons (Fsp3) is 0.250. The summed E-state index contributed by atoms with van der Waals surface area (Å²) >= 11 is 0. The van der Waals surface area contributed by atoms with E-state index in [1.54, 1.807) is 0 Å². The van der Waals surface area contributed by atoms with Crippen LogP contribution in [0.4, 0.5) is 0 Å². The minimum atomic E-state index is -0.520. The van der Waals surface area contributed by atoms with Crippen molar-refractivity contribution >= 4 is 0 Å². The molecule has 2 aromatic rings. The first-order valence-corrected chi connectivity index (χ1v) is 3.20. The van der Waals surface area contributed by atoms with Gasteiger partial charge < -0.3 is 4.84 Å². The number of tetrazole rings is 1. The first-order valence-electron chi connectivity index (χ1n) is 3.20. The van der Waals surface area contributed by atoms with Crippen molar-refractivity contribution in [3.63, 3.8) is 0 Å². The number of H-pyrrole nitrogens is 1. The maximum atomic E-state index is 11.0. The summed E-state index contributed by atoms with van der Waals surface area (Å²) in [7, 11) is 1.36. The van der Waals surface area contributed by atoms with E-state index in [9.17, 15) is 4.79 Å². The number of hydrogen-bond donors (Lipinski definition) is 1. The van der Waals surface area contributed by atoms with E-state index in [0.717, 1.165) is 4.85 Å². The Kier molecular flexibility index (Phi) is 1.55. The Morgan fingerprint density at radius 2 is 2.46 bits per heavy atom. The van der Waals surface area contributed by atoms with Gasteiger partial charge in [0.2, 0.25) is 11.5 Å². The second-order valence-corrected chi connectivity index (χ2v) is 2.02. The minimum Gasteiger partial charge on any atom is -0.397 e. The Hall–Kier alpha value is -2.19. The molecule has 0 saturated heterocycles. The SMILES string of the molecule is COn1nnnc1-c1no[nH]c1=O. The summed E-state index contributed by atoms with van der Waals surface area (Å²) in [6.07, 6.45) is 0. The van der Waals surface area contributed by atoms with E-state index in [2.05, 4.69) is 25.3 Å². The van der Waals surface area contributed by atoms with Gasteiger partial charge in [-0.15, -0.1) is 5.10 Å². The van der Waals surface area contributed by atoms with Gasteiger partial charge >= 0.3 is 5.56 Å². The number of aromatic nitrogens is 6. The fourth-order valence-electron chi connectivity index (χ4n) is 0.782. The van der Waals surface area contributed by atoms with E-state index in [0.29, 0.717) is 0 Å². The van der Waals surface area contributed by atoms with Gasteiger partial charge in [-0.2, -0.15) is 5.16 Å². The highest BCUT2D eigenvalue weighted by molar-refractivity contribution is 5.44. The molecular weight excluding hydrogens is 180 g/mol. The number of rotatable bonds is 2. The van der Waals surface area contributed by atoms with Crippen LogP contribution in [-0.2, 0) is 0 Å². The standard InChI is InChI=1S/C4H4N6O3/c1-12-10-3(5-8-9-10)2-4(11)7-13-6-2/h1H3,(H,7,11). The van der Waals surface area contributed by atoms with Gasteiger partial charge in [0, 0.05) is 0 Å². The van der Waals surface area contributed by atoms with Crippen molar-refractivity contribution in [2.75, 3.05) is 7.11 Å². The molecule has 9 nitrogen and oxygen atoms in total. The molecule has 0 amide bonds. The molecule has 0 aliphatic heterocycles. The van der Waals surface area contributed by atoms with Crippen molar-refractivity contribution in [2.45, 2.75) is 0 Å². The highest BCUT2D eigenvalue weighted by Gasteiger charge is 2.16. The minimum absolute atomic E-state index is 0.0353. The second-order valence-electron chi connectivity index (χ2n) is 2.02. The molecule has 68 valence electrons. The molecule has 0 aromatic carbocycles. The van der Waals surface area contributed by atoms with Crippen molar-refractivity contribution in [3.8, 4) is 11.5 Å². The fourth-order valence-corrected chi connectivity index (χ4v) is 0.782. The lowest BCUT2D eigenvalue weighted by Gasteiger charge is -1.95. The molecular formula is C4H4N6O3. The Morgan fingerprint density at radius 1 is 1.62 bits per heavy atom. The van der Waals surface area contributed by atoms with Crippen molar-refractivity contribution in [3.05, 3.63) is 10.4 Å². The molecule has 1 N–H and O–H groups in total. The van der Waals surface area contributed by atoms with E-state index in [4.69, 9.17) is 4.84 Å². The topological polar surface area (TPSA) is 112 Å². The molecule has 2 aromatic heterocycles. The molecule has 13 heavy (non-hydrogen) atoms. The average molecular weight is 184 g/mol. The number of nitrogens with zero attached hydrogens (tertiary/aromatic N) is 5. The van der Waals surface area contributed by atoms with E-state index in [-0.39, 0.29) is 11.5 Å². The van der Waals surface area contributed by atoms with Crippen LogP contribution in [-0.4, -0.2) is 37.8 Å². The van der Waals surface area contributed by atoms with Crippen LogP contribution in [0.2, 0.25) is 0 Å². The predicted octanol–water partition coefficient (Wildman–Crippen LogP) is -1.93. The van der Waals surface area contributed by atoms with Gasteiger partial charge in [-0.05, 0) is 15.6 Å². The van der Waals surface area contributed by atoms with E-state index in [1.807, 2.05) is 5.16 Å². The van der Waals surface area contributed by atoms with E-state index >= 15 is 0 Å². The Labute approximate surface area is 70.2 Å². The molecule has 0 fully saturated rings. The summed E-state index contributed by atoms with van der Waals surface area (Å²) in [5.74, 6) is 0.0810. The molecule has 2 heterocycles. The summed E-state index contributed by atoms with van der Waals surface area (Å²) in [6.45, 7) is 0. The van der Waals surface area contributed by atoms with Crippen molar-refractivity contribution in [2.24, 2.45) is 0 Å². The van der Waals surface area contributed by atoms with Crippen LogP contribution in [0.3, 0.4) is 0 Å². The van der Waals surface area contributed by atoms with Crippen LogP contribution in [0.1, 0.15) is 0 Å². The number of hydrogen-bond acceptors (Lipinski definition) is 7. The number of nitrogens with one attached hydrogen (secondary N) is 1. The zero-order valence-corrected chi connectivity index (χ0v) is 6.46. The summed E-state index contributed by atoms with van der Waals surface area (Å²) in [6, 6.07) is 0. The van der Waals surface area contributed by atoms with E-state index < -0.39 is 5.56 Å². The molecule has 0 atom stereocenters. The molecule has 2 rings (SSSR count). The smallest absolute Gasteiger partial charge is 0.312 e. The number of aromatic amines is 1. The zero-order valence-electron chi connectivity index (χ0n) is 6.46. The molecule has 0 unspecified atom stereocenters. The molecule has 9 heteroatoms. The lowest BCUT2D eigenvalue weighted by molar-refractivity contribution is 0.132. The van der Waals surface area contributed by atoms with Crippen LogP contribution < -0.4 is 10.4 Å². The molecule has 0 spiro atoms. The van der Waals surface area contributed by atoms with Gasteiger partial charge in [0.25, 0.3) is 0 Å². The molecule has 0 aliphatic rings. The summed E-state index contributed by atoms with van der Waals surface area (Å²) in [4.78, 5) is 16.7.